The molecule has 0 unspecified atom stereocenters. The third-order valence-corrected chi connectivity index (χ3v) is 0.839. The van der Waals surface area contributed by atoms with Gasteiger partial charge in [-0.2, -0.15) is 0 Å². The van der Waals surface area contributed by atoms with Crippen LogP contribution in [0.2, 0.25) is 0 Å². The van der Waals surface area contributed by atoms with Crippen LogP contribution >= 0.6 is 0 Å². The van der Waals surface area contributed by atoms with E-state index < -0.39 is 0 Å². The second kappa shape index (κ2) is 10.7. The van der Waals surface area contributed by atoms with Crippen molar-refractivity contribution in [1.82, 2.24) is 0 Å². The zero-order chi connectivity index (χ0) is 8.41. The summed E-state index contributed by atoms with van der Waals surface area (Å²) in [5.41, 5.74) is 0. The Kier molecular flexibility index (Phi) is 12.5. The lowest BCUT2D eigenvalue weighted by molar-refractivity contribution is 0.128. The van der Waals surface area contributed by atoms with Crippen LogP contribution in [0, 0.1) is 21.6 Å². The van der Waals surface area contributed by atoms with Crippen LogP contribution in [0.3, 0.4) is 0 Å². The van der Waals surface area contributed by atoms with E-state index in [1.165, 1.54) is 0 Å². The maximum absolute atomic E-state index is 9.31. The lowest BCUT2D eigenvalue weighted by Gasteiger charge is -1.98. The summed E-state index contributed by atoms with van der Waals surface area (Å²) in [4.78, 5) is 13.5. The molecule has 0 rings (SSSR count). The molecule has 0 heterocycles. The van der Waals surface area contributed by atoms with Gasteiger partial charge < -0.3 is 4.84 Å². The van der Waals surface area contributed by atoms with E-state index in [2.05, 4.69) is 24.0 Å². The monoisotopic (exact) mass is 145 g/mol. The summed E-state index contributed by atoms with van der Waals surface area (Å²) < 4.78 is 0. The maximum Gasteiger partial charge on any atom is 0.155 e. The van der Waals surface area contributed by atoms with Crippen molar-refractivity contribution in [2.45, 2.75) is 20.3 Å². The first kappa shape index (κ1) is 11.6. The van der Waals surface area contributed by atoms with Crippen LogP contribution in [-0.2, 0) is 4.84 Å². The molecule has 0 fully saturated rings. The molecule has 0 saturated carbocycles. The van der Waals surface area contributed by atoms with Gasteiger partial charge in [-0.3, -0.25) is 0 Å². The third-order valence-electron chi connectivity index (χ3n) is 0.839. The molecule has 5 nitrogen and oxygen atoms in total. The van der Waals surface area contributed by atoms with E-state index in [9.17, 15) is 4.91 Å². The van der Waals surface area contributed by atoms with Gasteiger partial charge in [-0.1, -0.05) is 13.8 Å². The van der Waals surface area contributed by atoms with Gasteiger partial charge in [0.15, 0.2) is 5.34 Å². The molecule has 0 bridgehead atoms. The van der Waals surface area contributed by atoms with E-state index in [1.807, 2.05) is 0 Å². The van der Waals surface area contributed by atoms with Crippen molar-refractivity contribution in [2.24, 2.45) is 11.3 Å². The smallest absolute Gasteiger partial charge is 0.155 e. The molecule has 0 aromatic heterocycles. The molecule has 0 aromatic rings. The number of rotatable bonds is 4. The predicted octanol–water partition coefficient (Wildman–Crippen LogP) is 1.76. The largest absolute Gasteiger partial charge is 0.364 e. The molecule has 0 aliphatic rings. The lowest BCUT2D eigenvalue weighted by Crippen LogP contribution is -1.93. The second-order valence-corrected chi connectivity index (χ2v) is 2.09. The molecule has 0 atom stereocenters. The van der Waals surface area contributed by atoms with Gasteiger partial charge in [-0.15, -0.1) is 4.91 Å². The highest BCUT2D eigenvalue weighted by atomic mass is 16.7. The molecule has 0 aliphatic carbocycles. The fourth-order valence-electron chi connectivity index (χ4n) is 0.326. The normalized spacial score (nSPS) is 7.70. The molecule has 0 N–H and O–H groups in total. The van der Waals surface area contributed by atoms with Crippen molar-refractivity contribution in [3.63, 3.8) is 0 Å². The number of nitrogens with zero attached hydrogens (tertiary/aromatic N) is 3. The first-order chi connectivity index (χ1) is 4.77. The first-order valence-corrected chi connectivity index (χ1v) is 2.92. The van der Waals surface area contributed by atoms with E-state index >= 15 is 0 Å². The summed E-state index contributed by atoms with van der Waals surface area (Å²) in [5.74, 6) is 0.580. The Morgan fingerprint density at radius 1 is 1.50 bits per heavy atom. The van der Waals surface area contributed by atoms with Gasteiger partial charge in [-0.25, -0.2) is 0 Å². The minimum absolute atomic E-state index is 0.446. The molecule has 0 aromatic carbocycles. The zero-order valence-corrected chi connectivity index (χ0v) is 6.15. The van der Waals surface area contributed by atoms with E-state index in [-0.39, 0.29) is 0 Å². The van der Waals surface area contributed by atoms with Crippen LogP contribution in [-0.4, -0.2) is 6.61 Å². The van der Waals surface area contributed by atoms with Crippen LogP contribution in [0.15, 0.2) is 5.34 Å². The summed E-state index contributed by atoms with van der Waals surface area (Å²) in [5, 5.41) is 14.3. The van der Waals surface area contributed by atoms with Gasteiger partial charge in [0.05, 0.1) is 0 Å². The Labute approximate surface area is 59.7 Å². The van der Waals surface area contributed by atoms with Crippen molar-refractivity contribution in [3.05, 3.63) is 4.91 Å². The standard InChI is InChI=1S/C5H11NO2.N2/c1-5(2)3-4-8-6-7;1-2/h5H,3-4H2,1-2H3;. The predicted molar refractivity (Wildman–Crippen MR) is 34.7 cm³/mol. The Bertz CT molecular complexity index is 92.1. The second-order valence-electron chi connectivity index (χ2n) is 2.09. The van der Waals surface area contributed by atoms with Gasteiger partial charge in [-0.05, 0) is 12.3 Å². The van der Waals surface area contributed by atoms with Gasteiger partial charge >= 0.3 is 0 Å². The topological polar surface area (TPSA) is 86.2 Å². The Morgan fingerprint density at radius 3 is 2.30 bits per heavy atom. The Balaban J connectivity index is 0. The highest BCUT2D eigenvalue weighted by Gasteiger charge is 1.91. The van der Waals surface area contributed by atoms with Crippen molar-refractivity contribution in [2.75, 3.05) is 6.61 Å². The van der Waals surface area contributed by atoms with E-state index in [4.69, 9.17) is 10.8 Å². The quantitative estimate of drug-likeness (QED) is 0.261. The molecular formula is C5H11N3O2. The average molecular weight is 145 g/mol. The maximum atomic E-state index is 9.31. The van der Waals surface area contributed by atoms with Crippen molar-refractivity contribution >= 4 is 0 Å². The highest BCUT2D eigenvalue weighted by Crippen LogP contribution is 1.98. The van der Waals surface area contributed by atoms with Crippen LogP contribution in [0.5, 0.6) is 0 Å². The number of hydrogen-bond acceptors (Lipinski definition) is 5. The molecule has 0 saturated heterocycles. The summed E-state index contributed by atoms with van der Waals surface area (Å²) in [6, 6.07) is 0. The fraction of sp³-hybridized carbons (Fsp3) is 1.00. The van der Waals surface area contributed by atoms with Crippen molar-refractivity contribution < 1.29 is 4.84 Å². The molecule has 0 aliphatic heterocycles. The molecular weight excluding hydrogens is 134 g/mol. The van der Waals surface area contributed by atoms with Gasteiger partial charge in [0, 0.05) is 10.8 Å². The van der Waals surface area contributed by atoms with Crippen molar-refractivity contribution in [1.29, 1.82) is 10.8 Å². The van der Waals surface area contributed by atoms with Gasteiger partial charge in [0.2, 0.25) is 0 Å². The first-order valence-electron chi connectivity index (χ1n) is 2.92. The summed E-state index contributed by atoms with van der Waals surface area (Å²) in [6.07, 6.45) is 0.895. The minimum atomic E-state index is 0.446. The Hall–Kier alpha value is -1.18. The van der Waals surface area contributed by atoms with E-state index in [0.717, 1.165) is 6.42 Å². The van der Waals surface area contributed by atoms with E-state index in [0.29, 0.717) is 12.5 Å². The minimum Gasteiger partial charge on any atom is -0.364 e. The fourth-order valence-corrected chi connectivity index (χ4v) is 0.326. The van der Waals surface area contributed by atoms with E-state index in [1.54, 1.807) is 0 Å². The van der Waals surface area contributed by atoms with Gasteiger partial charge in [0.25, 0.3) is 0 Å². The third kappa shape index (κ3) is 15.8. The van der Waals surface area contributed by atoms with Crippen LogP contribution in [0.25, 0.3) is 0 Å². The summed E-state index contributed by atoms with van der Waals surface area (Å²) >= 11 is 0. The number of hydrogen-bond donors (Lipinski definition) is 0. The molecule has 0 spiro atoms. The SMILES string of the molecule is CC(C)CCON=O.N#N. The molecule has 10 heavy (non-hydrogen) atoms. The summed E-state index contributed by atoms with van der Waals surface area (Å²) in [7, 11) is 0. The zero-order valence-electron chi connectivity index (χ0n) is 6.15. The average Bonchev–Trinajstić information content (AvgIpc) is 1.92. The van der Waals surface area contributed by atoms with Gasteiger partial charge in [0.1, 0.15) is 6.61 Å². The van der Waals surface area contributed by atoms with Crippen LogP contribution in [0.1, 0.15) is 20.3 Å². The van der Waals surface area contributed by atoms with Crippen LogP contribution < -0.4 is 0 Å². The highest BCUT2D eigenvalue weighted by molar-refractivity contribution is 4.40. The molecule has 5 heteroatoms. The van der Waals surface area contributed by atoms with Crippen molar-refractivity contribution in [3.8, 4) is 0 Å². The molecule has 58 valence electrons. The lowest BCUT2D eigenvalue weighted by atomic mass is 10.1. The Morgan fingerprint density at radius 2 is 2.00 bits per heavy atom. The summed E-state index contributed by atoms with van der Waals surface area (Å²) in [6.45, 7) is 4.57. The van der Waals surface area contributed by atoms with Crippen LogP contribution in [0.4, 0.5) is 0 Å². The molecule has 0 amide bonds. The molecule has 0 radical (unpaired) electrons.